The van der Waals surface area contributed by atoms with Crippen LogP contribution in [0.15, 0.2) is 182 Å². The standard InChI is InChI=1S/C46H30N2/c1-2-15-32(16-3-1)35-18-6-10-22-41(35)47-43-24-12-8-20-37(43)39-28-29-40-38-21-9-13-25-44(38)48(46(40)45(39)47)42-23-11-7-19-36(42)34-27-26-31-14-4-5-17-33(31)30-34/h1-30H. The van der Waals surface area contributed by atoms with Gasteiger partial charge >= 0.3 is 0 Å². The van der Waals surface area contributed by atoms with Crippen LogP contribution in [-0.2, 0) is 0 Å². The molecule has 2 heterocycles. The molecule has 224 valence electrons. The molecular formula is C46H30N2. The topological polar surface area (TPSA) is 9.86 Å². The van der Waals surface area contributed by atoms with Crippen LogP contribution in [0, 0.1) is 0 Å². The average Bonchev–Trinajstić information content (AvgIpc) is 3.68. The van der Waals surface area contributed by atoms with Gasteiger partial charge in [-0.15, -0.1) is 0 Å². The number of benzene rings is 8. The number of fused-ring (bicyclic) bond motifs is 8. The number of aromatic nitrogens is 2. The first-order valence-corrected chi connectivity index (χ1v) is 16.5. The van der Waals surface area contributed by atoms with Crippen LogP contribution in [0.2, 0.25) is 0 Å². The van der Waals surface area contributed by atoms with Gasteiger partial charge in [0.25, 0.3) is 0 Å². The van der Waals surface area contributed by atoms with Gasteiger partial charge in [0.15, 0.2) is 0 Å². The molecule has 10 rings (SSSR count). The Labute approximate surface area is 278 Å². The Morgan fingerprint density at radius 1 is 0.292 bits per heavy atom. The molecule has 10 aromatic rings. The molecular weight excluding hydrogens is 581 g/mol. The molecule has 2 aromatic heterocycles. The molecule has 0 unspecified atom stereocenters. The second kappa shape index (κ2) is 10.6. The van der Waals surface area contributed by atoms with E-state index >= 15 is 0 Å². The van der Waals surface area contributed by atoms with Gasteiger partial charge in [-0.2, -0.15) is 0 Å². The van der Waals surface area contributed by atoms with Gasteiger partial charge in [0, 0.05) is 32.7 Å². The lowest BCUT2D eigenvalue weighted by Crippen LogP contribution is -2.01. The maximum absolute atomic E-state index is 2.51. The number of para-hydroxylation sites is 4. The fourth-order valence-corrected chi connectivity index (χ4v) is 7.80. The summed E-state index contributed by atoms with van der Waals surface area (Å²) in [7, 11) is 0. The summed E-state index contributed by atoms with van der Waals surface area (Å²) in [6.45, 7) is 0. The van der Waals surface area contributed by atoms with Crippen LogP contribution in [0.5, 0.6) is 0 Å². The van der Waals surface area contributed by atoms with Gasteiger partial charge in [-0.05, 0) is 52.2 Å². The van der Waals surface area contributed by atoms with Gasteiger partial charge in [0.2, 0.25) is 0 Å². The fourth-order valence-electron chi connectivity index (χ4n) is 7.80. The summed E-state index contributed by atoms with van der Waals surface area (Å²) in [5, 5.41) is 7.47. The van der Waals surface area contributed by atoms with Crippen molar-refractivity contribution < 1.29 is 0 Å². The fraction of sp³-hybridized carbons (Fsp3) is 0. The van der Waals surface area contributed by atoms with E-state index in [1.165, 1.54) is 88.0 Å². The van der Waals surface area contributed by atoms with Gasteiger partial charge in [-0.3, -0.25) is 0 Å². The van der Waals surface area contributed by atoms with E-state index in [1.807, 2.05) is 0 Å². The molecule has 0 saturated heterocycles. The Morgan fingerprint density at radius 3 is 1.40 bits per heavy atom. The average molecular weight is 611 g/mol. The SMILES string of the molecule is c1ccc(-c2ccccc2-n2c3ccccc3c3ccc4c5ccccc5n(-c5ccccc5-c5ccc6ccccc6c5)c4c32)cc1. The van der Waals surface area contributed by atoms with Crippen molar-refractivity contribution >= 4 is 54.4 Å². The molecule has 0 aliphatic heterocycles. The van der Waals surface area contributed by atoms with Crippen LogP contribution in [0.4, 0.5) is 0 Å². The molecule has 2 nitrogen and oxygen atoms in total. The van der Waals surface area contributed by atoms with Gasteiger partial charge in [0.1, 0.15) is 0 Å². The van der Waals surface area contributed by atoms with Crippen LogP contribution in [-0.4, -0.2) is 9.13 Å². The first kappa shape index (κ1) is 26.8. The number of rotatable bonds is 4. The lowest BCUT2D eigenvalue weighted by atomic mass is 9.99. The van der Waals surface area contributed by atoms with Crippen molar-refractivity contribution in [2.75, 3.05) is 0 Å². The quantitative estimate of drug-likeness (QED) is 0.188. The highest BCUT2D eigenvalue weighted by Gasteiger charge is 2.23. The van der Waals surface area contributed by atoms with Gasteiger partial charge < -0.3 is 9.13 Å². The Hall–Kier alpha value is -6.38. The van der Waals surface area contributed by atoms with Gasteiger partial charge in [-0.25, -0.2) is 0 Å². The summed E-state index contributed by atoms with van der Waals surface area (Å²) in [4.78, 5) is 0. The van der Waals surface area contributed by atoms with Gasteiger partial charge in [0.05, 0.1) is 33.4 Å². The molecule has 0 radical (unpaired) electrons. The zero-order valence-electron chi connectivity index (χ0n) is 26.2. The van der Waals surface area contributed by atoms with Crippen molar-refractivity contribution in [2.45, 2.75) is 0 Å². The molecule has 8 aromatic carbocycles. The Bertz CT molecular complexity index is 2830. The van der Waals surface area contributed by atoms with Crippen molar-refractivity contribution in [3.8, 4) is 33.6 Å². The van der Waals surface area contributed by atoms with Crippen LogP contribution < -0.4 is 0 Å². The van der Waals surface area contributed by atoms with E-state index in [1.54, 1.807) is 0 Å². The molecule has 0 fully saturated rings. The smallest absolute Gasteiger partial charge is 0.0789 e. The van der Waals surface area contributed by atoms with E-state index in [0.717, 1.165) is 0 Å². The lowest BCUT2D eigenvalue weighted by molar-refractivity contribution is 1.15. The lowest BCUT2D eigenvalue weighted by Gasteiger charge is -2.17. The van der Waals surface area contributed by atoms with Crippen molar-refractivity contribution in [3.63, 3.8) is 0 Å². The Morgan fingerprint density at radius 2 is 0.771 bits per heavy atom. The monoisotopic (exact) mass is 610 g/mol. The van der Waals surface area contributed by atoms with Crippen molar-refractivity contribution in [1.82, 2.24) is 9.13 Å². The minimum absolute atomic E-state index is 1.17. The third kappa shape index (κ3) is 3.93. The largest absolute Gasteiger partial charge is 0.307 e. The van der Waals surface area contributed by atoms with Gasteiger partial charge in [-0.1, -0.05) is 152 Å². The van der Waals surface area contributed by atoms with Crippen molar-refractivity contribution in [2.24, 2.45) is 0 Å². The van der Waals surface area contributed by atoms with E-state index in [-0.39, 0.29) is 0 Å². The molecule has 48 heavy (non-hydrogen) atoms. The third-order valence-electron chi connectivity index (χ3n) is 9.90. The second-order valence-electron chi connectivity index (χ2n) is 12.5. The molecule has 0 bridgehead atoms. The van der Waals surface area contributed by atoms with Crippen LogP contribution >= 0.6 is 0 Å². The van der Waals surface area contributed by atoms with E-state index in [9.17, 15) is 0 Å². The second-order valence-corrected chi connectivity index (χ2v) is 12.5. The Balaban J connectivity index is 1.38. The first-order valence-electron chi connectivity index (χ1n) is 16.5. The van der Waals surface area contributed by atoms with E-state index in [4.69, 9.17) is 0 Å². The summed E-state index contributed by atoms with van der Waals surface area (Å²) in [5.74, 6) is 0. The number of nitrogens with zero attached hydrogens (tertiary/aromatic N) is 2. The zero-order chi connectivity index (χ0) is 31.6. The number of hydrogen-bond acceptors (Lipinski definition) is 0. The molecule has 2 heteroatoms. The van der Waals surface area contributed by atoms with Crippen LogP contribution in [0.1, 0.15) is 0 Å². The summed E-state index contributed by atoms with van der Waals surface area (Å²) in [6, 6.07) is 66.2. The van der Waals surface area contributed by atoms with Crippen molar-refractivity contribution in [3.05, 3.63) is 182 Å². The highest BCUT2D eigenvalue weighted by Crippen LogP contribution is 2.44. The van der Waals surface area contributed by atoms with E-state index in [2.05, 4.69) is 191 Å². The zero-order valence-corrected chi connectivity index (χ0v) is 26.2. The first-order chi connectivity index (χ1) is 23.8. The highest BCUT2D eigenvalue weighted by molar-refractivity contribution is 6.24. The minimum atomic E-state index is 1.17. The molecule has 0 amide bonds. The van der Waals surface area contributed by atoms with Crippen LogP contribution in [0.3, 0.4) is 0 Å². The van der Waals surface area contributed by atoms with E-state index in [0.29, 0.717) is 0 Å². The Kier molecular flexibility index (Phi) is 5.91. The molecule has 0 spiro atoms. The normalized spacial score (nSPS) is 11.8. The molecule has 0 aliphatic rings. The molecule has 0 N–H and O–H groups in total. The van der Waals surface area contributed by atoms with E-state index < -0.39 is 0 Å². The third-order valence-corrected chi connectivity index (χ3v) is 9.90. The minimum Gasteiger partial charge on any atom is -0.307 e. The molecule has 0 atom stereocenters. The predicted octanol–water partition coefficient (Wildman–Crippen LogP) is 12.4. The summed E-state index contributed by atoms with van der Waals surface area (Å²) < 4.78 is 5.02. The summed E-state index contributed by atoms with van der Waals surface area (Å²) >= 11 is 0. The molecule has 0 aliphatic carbocycles. The maximum Gasteiger partial charge on any atom is 0.0789 e. The highest BCUT2D eigenvalue weighted by atomic mass is 15.0. The summed E-state index contributed by atoms with van der Waals surface area (Å²) in [5.41, 5.74) is 12.0. The molecule has 0 saturated carbocycles. The van der Waals surface area contributed by atoms with Crippen LogP contribution in [0.25, 0.3) is 88.0 Å². The number of hydrogen-bond donors (Lipinski definition) is 0. The maximum atomic E-state index is 2.51. The predicted molar refractivity (Wildman–Crippen MR) is 203 cm³/mol. The summed E-state index contributed by atoms with van der Waals surface area (Å²) in [6.07, 6.45) is 0. The van der Waals surface area contributed by atoms with Crippen molar-refractivity contribution in [1.29, 1.82) is 0 Å².